The van der Waals surface area contributed by atoms with E-state index in [2.05, 4.69) is 15.3 Å². The summed E-state index contributed by atoms with van der Waals surface area (Å²) >= 11 is 0. The molecule has 7 nitrogen and oxygen atoms in total. The molecule has 4 aromatic rings. The zero-order chi connectivity index (χ0) is 20.2. The molecule has 4 N–H and O–H groups in total. The first-order valence-electron chi connectivity index (χ1n) is 9.48. The van der Waals surface area contributed by atoms with Gasteiger partial charge >= 0.3 is 5.69 Å². The first-order valence-corrected chi connectivity index (χ1v) is 9.48. The van der Waals surface area contributed by atoms with Crippen LogP contribution in [0.5, 0.6) is 5.75 Å². The van der Waals surface area contributed by atoms with Crippen LogP contribution in [0.4, 0.5) is 0 Å². The molecule has 0 spiro atoms. The Morgan fingerprint density at radius 2 is 1.97 bits per heavy atom. The molecule has 0 aliphatic carbocycles. The second-order valence-electron chi connectivity index (χ2n) is 6.70. The van der Waals surface area contributed by atoms with Gasteiger partial charge in [-0.3, -0.25) is 4.57 Å². The number of hydrogen-bond acceptors (Lipinski definition) is 5. The summed E-state index contributed by atoms with van der Waals surface area (Å²) in [5.74, 6) is 0.780. The smallest absolute Gasteiger partial charge is 0.354 e. The number of likely N-dealkylation sites (N-methyl/N-ethyl adjacent to an activating group) is 1. The molecule has 2 heterocycles. The van der Waals surface area contributed by atoms with Gasteiger partial charge in [-0.25, -0.2) is 4.79 Å². The quantitative estimate of drug-likeness (QED) is 0.422. The highest BCUT2D eigenvalue weighted by Crippen LogP contribution is 2.31. The largest absolute Gasteiger partial charge is 0.492 e. The van der Waals surface area contributed by atoms with Crippen molar-refractivity contribution in [1.29, 1.82) is 0 Å². The molecule has 0 unspecified atom stereocenters. The third-order valence-corrected chi connectivity index (χ3v) is 4.75. The van der Waals surface area contributed by atoms with Crippen LogP contribution in [0.25, 0.3) is 28.0 Å². The Hall–Kier alpha value is -3.42. The van der Waals surface area contributed by atoms with Gasteiger partial charge in [0, 0.05) is 30.2 Å². The number of fused-ring (bicyclic) bond motifs is 1. The highest BCUT2D eigenvalue weighted by atomic mass is 16.5. The van der Waals surface area contributed by atoms with Crippen LogP contribution in [0.1, 0.15) is 5.56 Å². The molecular weight excluding hydrogens is 366 g/mol. The van der Waals surface area contributed by atoms with Gasteiger partial charge < -0.3 is 20.8 Å². The third kappa shape index (κ3) is 3.91. The summed E-state index contributed by atoms with van der Waals surface area (Å²) in [6, 6.07) is 17.4. The van der Waals surface area contributed by atoms with Gasteiger partial charge in [-0.05, 0) is 42.9 Å². The lowest BCUT2D eigenvalue weighted by molar-refractivity contribution is 0.319. The molecule has 0 aliphatic heterocycles. The molecule has 2 aromatic carbocycles. The van der Waals surface area contributed by atoms with Gasteiger partial charge in [-0.15, -0.1) is 0 Å². The summed E-state index contributed by atoms with van der Waals surface area (Å²) in [7, 11) is 1.89. The number of aromatic nitrogens is 3. The second-order valence-corrected chi connectivity index (χ2v) is 6.70. The van der Waals surface area contributed by atoms with Crippen LogP contribution in [0.15, 0.2) is 65.6 Å². The summed E-state index contributed by atoms with van der Waals surface area (Å²) in [4.78, 5) is 20.0. The van der Waals surface area contributed by atoms with E-state index in [9.17, 15) is 4.79 Å². The average molecular weight is 389 g/mol. The van der Waals surface area contributed by atoms with E-state index in [4.69, 9.17) is 10.5 Å². The van der Waals surface area contributed by atoms with Crippen molar-refractivity contribution in [2.24, 2.45) is 5.73 Å². The van der Waals surface area contributed by atoms with Crippen LogP contribution in [0, 0.1) is 0 Å². The Labute approximate surface area is 168 Å². The van der Waals surface area contributed by atoms with Crippen LogP contribution in [-0.2, 0) is 6.54 Å². The van der Waals surface area contributed by atoms with Gasteiger partial charge in [0.1, 0.15) is 18.0 Å². The van der Waals surface area contributed by atoms with Gasteiger partial charge in [-0.2, -0.15) is 4.98 Å². The van der Waals surface area contributed by atoms with E-state index in [1.54, 1.807) is 6.20 Å². The SMILES string of the molecule is CNCCOc1ccccc1-c1cc2cn(-c3ccc(CN)cc3)c(=O)nc2[nH]1. The van der Waals surface area contributed by atoms with Gasteiger partial charge in [0.25, 0.3) is 0 Å². The van der Waals surface area contributed by atoms with E-state index in [-0.39, 0.29) is 5.69 Å². The summed E-state index contributed by atoms with van der Waals surface area (Å²) in [6.07, 6.45) is 1.80. The van der Waals surface area contributed by atoms with Crippen molar-refractivity contribution in [1.82, 2.24) is 19.9 Å². The number of nitrogens with one attached hydrogen (secondary N) is 2. The summed E-state index contributed by atoms with van der Waals surface area (Å²) in [5, 5.41) is 3.91. The van der Waals surface area contributed by atoms with Crippen LogP contribution in [0.2, 0.25) is 0 Å². The molecule has 0 atom stereocenters. The number of para-hydroxylation sites is 1. The fraction of sp³-hybridized carbons (Fsp3) is 0.182. The number of nitrogens with two attached hydrogens (primary N) is 1. The lowest BCUT2D eigenvalue weighted by Gasteiger charge is -2.10. The molecule has 7 heteroatoms. The van der Waals surface area contributed by atoms with Crippen molar-refractivity contribution in [3.05, 3.63) is 76.8 Å². The number of rotatable bonds is 7. The molecule has 0 radical (unpaired) electrons. The van der Waals surface area contributed by atoms with Crippen molar-refractivity contribution in [2.75, 3.05) is 20.2 Å². The van der Waals surface area contributed by atoms with E-state index >= 15 is 0 Å². The maximum Gasteiger partial charge on any atom is 0.354 e. The minimum Gasteiger partial charge on any atom is -0.492 e. The Morgan fingerprint density at radius 3 is 2.72 bits per heavy atom. The fourth-order valence-electron chi connectivity index (χ4n) is 3.20. The predicted molar refractivity (Wildman–Crippen MR) is 114 cm³/mol. The van der Waals surface area contributed by atoms with Gasteiger partial charge in [0.2, 0.25) is 0 Å². The molecule has 0 saturated carbocycles. The lowest BCUT2D eigenvalue weighted by Crippen LogP contribution is -2.20. The maximum absolute atomic E-state index is 12.6. The van der Waals surface area contributed by atoms with E-state index in [1.165, 1.54) is 4.57 Å². The van der Waals surface area contributed by atoms with Gasteiger partial charge in [-0.1, -0.05) is 24.3 Å². The summed E-state index contributed by atoms with van der Waals surface area (Å²) < 4.78 is 7.42. The highest BCUT2D eigenvalue weighted by molar-refractivity contribution is 5.84. The zero-order valence-electron chi connectivity index (χ0n) is 16.2. The van der Waals surface area contributed by atoms with E-state index in [0.29, 0.717) is 18.8 Å². The van der Waals surface area contributed by atoms with Crippen LogP contribution in [-0.4, -0.2) is 34.7 Å². The van der Waals surface area contributed by atoms with Crippen molar-refractivity contribution in [3.63, 3.8) is 0 Å². The average Bonchev–Trinajstić information content (AvgIpc) is 3.16. The number of nitrogens with zero attached hydrogens (tertiary/aromatic N) is 2. The van der Waals surface area contributed by atoms with Crippen molar-refractivity contribution in [3.8, 4) is 22.7 Å². The van der Waals surface area contributed by atoms with E-state index < -0.39 is 0 Å². The topological polar surface area (TPSA) is 98.0 Å². The Bertz CT molecular complexity index is 1180. The van der Waals surface area contributed by atoms with Crippen LogP contribution in [0.3, 0.4) is 0 Å². The molecule has 0 bridgehead atoms. The fourth-order valence-corrected chi connectivity index (χ4v) is 3.20. The van der Waals surface area contributed by atoms with Crippen LogP contribution < -0.4 is 21.5 Å². The monoisotopic (exact) mass is 389 g/mol. The van der Waals surface area contributed by atoms with Gasteiger partial charge in [0.15, 0.2) is 0 Å². The number of benzene rings is 2. The lowest BCUT2D eigenvalue weighted by atomic mass is 10.1. The number of hydrogen-bond donors (Lipinski definition) is 3. The Kier molecular flexibility index (Phi) is 5.41. The van der Waals surface area contributed by atoms with E-state index in [1.807, 2.05) is 61.6 Å². The molecule has 29 heavy (non-hydrogen) atoms. The molecular formula is C22H23N5O2. The van der Waals surface area contributed by atoms with Crippen molar-refractivity contribution < 1.29 is 4.74 Å². The molecule has 0 fully saturated rings. The van der Waals surface area contributed by atoms with E-state index in [0.717, 1.165) is 40.2 Å². The highest BCUT2D eigenvalue weighted by Gasteiger charge is 2.12. The predicted octanol–water partition coefficient (Wildman–Crippen LogP) is 2.44. The Balaban J connectivity index is 1.73. The summed E-state index contributed by atoms with van der Waals surface area (Å²) in [6.45, 7) is 1.78. The normalized spacial score (nSPS) is 11.1. The number of ether oxygens (including phenoxy) is 1. The third-order valence-electron chi connectivity index (χ3n) is 4.75. The molecule has 0 amide bonds. The minimum atomic E-state index is -0.343. The number of H-pyrrole nitrogens is 1. The first-order chi connectivity index (χ1) is 14.2. The maximum atomic E-state index is 12.6. The first kappa shape index (κ1) is 18.9. The Morgan fingerprint density at radius 1 is 1.17 bits per heavy atom. The van der Waals surface area contributed by atoms with Crippen LogP contribution >= 0.6 is 0 Å². The van der Waals surface area contributed by atoms with Crippen molar-refractivity contribution in [2.45, 2.75) is 6.54 Å². The second kappa shape index (κ2) is 8.30. The molecule has 0 saturated heterocycles. The standard InChI is InChI=1S/C22H23N5O2/c1-24-10-11-29-20-5-3-2-4-18(20)19-12-16-14-27(22(28)26-21(16)25-19)17-8-6-15(13-23)7-9-17/h2-9,12,14,24H,10-11,13,23H2,1H3,(H,25,26,28). The molecule has 4 rings (SSSR count). The molecule has 2 aromatic heterocycles. The zero-order valence-corrected chi connectivity index (χ0v) is 16.2. The summed E-state index contributed by atoms with van der Waals surface area (Å²) in [5.41, 5.74) is 9.39. The number of aromatic amines is 1. The molecule has 148 valence electrons. The van der Waals surface area contributed by atoms with Gasteiger partial charge in [0.05, 0.1) is 11.4 Å². The molecule has 0 aliphatic rings. The van der Waals surface area contributed by atoms with Crippen molar-refractivity contribution >= 4 is 11.0 Å². The minimum absolute atomic E-state index is 0.343.